The van der Waals surface area contributed by atoms with Crippen LogP contribution in [0.1, 0.15) is 36.1 Å². The summed E-state index contributed by atoms with van der Waals surface area (Å²) in [5.74, 6) is 0.823. The first-order chi connectivity index (χ1) is 10.1. The van der Waals surface area contributed by atoms with E-state index in [1.54, 1.807) is 31.2 Å². The largest absolute Gasteiger partial charge is 0.489 e. The second-order valence-electron chi connectivity index (χ2n) is 4.74. The minimum atomic E-state index is -0.337. The number of aromatic amines is 1. The Morgan fingerprint density at radius 2 is 2.33 bits per heavy atom. The summed E-state index contributed by atoms with van der Waals surface area (Å²) in [4.78, 5) is 12.2. The third-order valence-corrected chi connectivity index (χ3v) is 2.68. The maximum Gasteiger partial charge on any atom is 0.251 e. The number of amides is 1. The number of hydrogen-bond acceptors (Lipinski definition) is 5. The Bertz CT molecular complexity index is 624. The van der Waals surface area contributed by atoms with Crippen LogP contribution in [0.2, 0.25) is 0 Å². The van der Waals surface area contributed by atoms with E-state index in [0.29, 0.717) is 23.7 Å². The first-order valence-corrected chi connectivity index (χ1v) is 6.47. The Kier molecular flexibility index (Phi) is 4.65. The zero-order chi connectivity index (χ0) is 15.2. The second-order valence-corrected chi connectivity index (χ2v) is 4.74. The number of nitrogens with zero attached hydrogens (tertiary/aromatic N) is 3. The van der Waals surface area contributed by atoms with Gasteiger partial charge in [0.05, 0.1) is 6.04 Å². The molecule has 0 spiro atoms. The highest BCUT2D eigenvalue weighted by atomic mass is 16.5. The third-order valence-electron chi connectivity index (χ3n) is 2.68. The van der Waals surface area contributed by atoms with Gasteiger partial charge in [-0.15, -0.1) is 10.2 Å². The number of carbonyl (C=O) groups is 1. The van der Waals surface area contributed by atoms with Gasteiger partial charge in [0.1, 0.15) is 12.4 Å². The molecule has 2 N–H and O–H groups in total. The van der Waals surface area contributed by atoms with Crippen molar-refractivity contribution >= 4 is 5.91 Å². The van der Waals surface area contributed by atoms with Crippen LogP contribution >= 0.6 is 0 Å². The van der Waals surface area contributed by atoms with Crippen molar-refractivity contribution in [2.45, 2.75) is 19.9 Å². The summed E-state index contributed by atoms with van der Waals surface area (Å²) in [5, 5.41) is 16.3. The van der Waals surface area contributed by atoms with Gasteiger partial charge in [0.15, 0.2) is 5.82 Å². The molecule has 0 radical (unpaired) electrons. The first kappa shape index (κ1) is 14.7. The number of H-pyrrole nitrogens is 1. The fourth-order valence-electron chi connectivity index (χ4n) is 1.63. The average molecular weight is 287 g/mol. The summed E-state index contributed by atoms with van der Waals surface area (Å²) in [7, 11) is 0. The molecular weight excluding hydrogens is 270 g/mol. The van der Waals surface area contributed by atoms with Crippen molar-refractivity contribution in [3.63, 3.8) is 0 Å². The molecule has 1 aromatic carbocycles. The van der Waals surface area contributed by atoms with Crippen molar-refractivity contribution in [1.82, 2.24) is 25.9 Å². The van der Waals surface area contributed by atoms with Crippen LogP contribution in [0.4, 0.5) is 0 Å². The molecule has 0 aliphatic heterocycles. The maximum atomic E-state index is 12.2. The van der Waals surface area contributed by atoms with Crippen LogP contribution in [0.5, 0.6) is 5.75 Å². The lowest BCUT2D eigenvalue weighted by atomic mass is 10.2. The van der Waals surface area contributed by atoms with E-state index in [9.17, 15) is 4.79 Å². The summed E-state index contributed by atoms with van der Waals surface area (Å²) < 4.78 is 5.52. The molecule has 1 atom stereocenters. The van der Waals surface area contributed by atoms with Crippen LogP contribution in [0, 0.1) is 0 Å². The number of rotatable bonds is 6. The lowest BCUT2D eigenvalue weighted by Crippen LogP contribution is -2.27. The van der Waals surface area contributed by atoms with Crippen molar-refractivity contribution in [2.75, 3.05) is 6.61 Å². The van der Waals surface area contributed by atoms with Gasteiger partial charge in [-0.05, 0) is 37.6 Å². The van der Waals surface area contributed by atoms with Crippen LogP contribution in [0.3, 0.4) is 0 Å². The minimum absolute atomic E-state index is 0.229. The lowest BCUT2D eigenvalue weighted by molar-refractivity contribution is 0.0938. The molecule has 21 heavy (non-hydrogen) atoms. The van der Waals surface area contributed by atoms with E-state index in [2.05, 4.69) is 32.5 Å². The molecule has 2 rings (SSSR count). The summed E-state index contributed by atoms with van der Waals surface area (Å²) in [6.45, 7) is 7.85. The number of aromatic nitrogens is 4. The number of hydrogen-bond donors (Lipinski definition) is 2. The van der Waals surface area contributed by atoms with Crippen molar-refractivity contribution < 1.29 is 9.53 Å². The van der Waals surface area contributed by atoms with Gasteiger partial charge >= 0.3 is 0 Å². The Hall–Kier alpha value is -2.70. The van der Waals surface area contributed by atoms with Crippen LogP contribution in [-0.2, 0) is 0 Å². The van der Waals surface area contributed by atoms with E-state index < -0.39 is 0 Å². The maximum absolute atomic E-state index is 12.2. The van der Waals surface area contributed by atoms with Gasteiger partial charge in [-0.25, -0.2) is 0 Å². The predicted octanol–water partition coefficient (Wildman–Crippen LogP) is 1.65. The van der Waals surface area contributed by atoms with Crippen LogP contribution in [0.15, 0.2) is 36.4 Å². The van der Waals surface area contributed by atoms with Gasteiger partial charge in [0.25, 0.3) is 5.91 Å². The van der Waals surface area contributed by atoms with E-state index in [1.165, 1.54) is 0 Å². The minimum Gasteiger partial charge on any atom is -0.489 e. The Morgan fingerprint density at radius 1 is 1.52 bits per heavy atom. The molecule has 1 heterocycles. The Balaban J connectivity index is 2.02. The smallest absolute Gasteiger partial charge is 0.251 e. The third kappa shape index (κ3) is 4.13. The quantitative estimate of drug-likeness (QED) is 0.788. The van der Waals surface area contributed by atoms with E-state index in [4.69, 9.17) is 4.74 Å². The van der Waals surface area contributed by atoms with Crippen molar-refractivity contribution in [1.29, 1.82) is 0 Å². The Labute approximate surface area is 122 Å². The molecule has 110 valence electrons. The van der Waals surface area contributed by atoms with Crippen LogP contribution < -0.4 is 10.1 Å². The van der Waals surface area contributed by atoms with Gasteiger partial charge in [0, 0.05) is 5.56 Å². The molecule has 0 aliphatic rings. The summed E-state index contributed by atoms with van der Waals surface area (Å²) in [5.41, 5.74) is 1.42. The van der Waals surface area contributed by atoms with Crippen LogP contribution in [0.25, 0.3) is 0 Å². The molecule has 0 bridgehead atoms. The van der Waals surface area contributed by atoms with Crippen LogP contribution in [-0.4, -0.2) is 33.1 Å². The monoisotopic (exact) mass is 287 g/mol. The van der Waals surface area contributed by atoms with E-state index in [0.717, 1.165) is 5.57 Å². The molecule has 0 saturated heterocycles. The van der Waals surface area contributed by atoms with Gasteiger partial charge < -0.3 is 10.1 Å². The normalized spacial score (nSPS) is 11.7. The number of nitrogens with one attached hydrogen (secondary N) is 2. The molecular formula is C14H17N5O2. The fourth-order valence-corrected chi connectivity index (χ4v) is 1.63. The first-order valence-electron chi connectivity index (χ1n) is 6.47. The highest BCUT2D eigenvalue weighted by Gasteiger charge is 2.15. The molecule has 1 aromatic heterocycles. The number of ether oxygens (including phenoxy) is 1. The van der Waals surface area contributed by atoms with E-state index in [1.807, 2.05) is 6.92 Å². The van der Waals surface area contributed by atoms with E-state index in [-0.39, 0.29) is 11.9 Å². The fraction of sp³-hybridized carbons (Fsp3) is 0.286. The molecule has 0 unspecified atom stereocenters. The van der Waals surface area contributed by atoms with Gasteiger partial charge in [-0.1, -0.05) is 17.9 Å². The number of tetrazole rings is 1. The van der Waals surface area contributed by atoms with Gasteiger partial charge in [-0.2, -0.15) is 5.21 Å². The molecule has 0 saturated carbocycles. The molecule has 0 aliphatic carbocycles. The number of benzene rings is 1. The molecule has 7 nitrogen and oxygen atoms in total. The molecule has 1 amide bonds. The molecule has 2 aromatic rings. The summed E-state index contributed by atoms with van der Waals surface area (Å²) in [6, 6.07) is 6.62. The highest BCUT2D eigenvalue weighted by Crippen LogP contribution is 2.15. The lowest BCUT2D eigenvalue weighted by Gasteiger charge is -2.11. The number of carbonyl (C=O) groups excluding carboxylic acids is 1. The molecule has 0 fully saturated rings. The topological polar surface area (TPSA) is 92.8 Å². The standard InChI is InChI=1S/C14H17N5O2/c1-9(2)8-21-12-6-4-5-11(7-12)14(20)15-10(3)13-16-18-19-17-13/h4-7,10H,1,8H2,2-3H3,(H,15,20)(H,16,17,18,19)/t10-/m0/s1. The predicted molar refractivity (Wildman–Crippen MR) is 76.8 cm³/mol. The highest BCUT2D eigenvalue weighted by molar-refractivity contribution is 5.94. The summed E-state index contributed by atoms with van der Waals surface area (Å²) in [6.07, 6.45) is 0. The second kappa shape index (κ2) is 6.65. The SMILES string of the molecule is C=C(C)COc1cccc(C(=O)N[C@@H](C)c2nn[nH]n2)c1. The zero-order valence-electron chi connectivity index (χ0n) is 12.0. The van der Waals surface area contributed by atoms with Gasteiger partial charge in [0.2, 0.25) is 0 Å². The van der Waals surface area contributed by atoms with E-state index >= 15 is 0 Å². The van der Waals surface area contributed by atoms with Crippen molar-refractivity contribution in [3.05, 3.63) is 47.8 Å². The summed E-state index contributed by atoms with van der Waals surface area (Å²) >= 11 is 0. The zero-order valence-corrected chi connectivity index (χ0v) is 12.0. The Morgan fingerprint density at radius 3 is 3.00 bits per heavy atom. The van der Waals surface area contributed by atoms with Crippen molar-refractivity contribution in [3.8, 4) is 5.75 Å². The molecule has 7 heteroatoms. The van der Waals surface area contributed by atoms with Crippen molar-refractivity contribution in [2.24, 2.45) is 0 Å². The average Bonchev–Trinajstić information content (AvgIpc) is 2.99. The van der Waals surface area contributed by atoms with Gasteiger partial charge in [-0.3, -0.25) is 4.79 Å².